The van der Waals surface area contributed by atoms with E-state index < -0.39 is 16.8 Å². The zero-order chi connectivity index (χ0) is 20.3. The number of carbonyl (C=O) groups is 1. The van der Waals surface area contributed by atoms with Crippen molar-refractivity contribution in [3.8, 4) is 6.07 Å². The van der Waals surface area contributed by atoms with E-state index in [9.17, 15) is 20.2 Å². The maximum Gasteiger partial charge on any atom is 0.338 e. The van der Waals surface area contributed by atoms with E-state index in [2.05, 4.69) is 0 Å². The number of nitrogens with two attached hydrogens (primary N) is 1. The Balaban J connectivity index is 2.26. The van der Waals surface area contributed by atoms with Gasteiger partial charge in [-0.05, 0) is 6.92 Å². The van der Waals surface area contributed by atoms with Gasteiger partial charge >= 0.3 is 5.97 Å². The highest BCUT2D eigenvalue weighted by Crippen LogP contribution is 2.45. The van der Waals surface area contributed by atoms with Crippen LogP contribution >= 0.6 is 11.3 Å². The van der Waals surface area contributed by atoms with Crippen molar-refractivity contribution in [3.05, 3.63) is 79.4 Å². The Kier molecular flexibility index (Phi) is 5.42. The molecule has 2 N–H and O–H groups in total. The number of esters is 1. The summed E-state index contributed by atoms with van der Waals surface area (Å²) in [6.07, 6.45) is 0. The molecule has 142 valence electrons. The molecule has 1 atom stereocenters. The predicted molar refractivity (Wildman–Crippen MR) is 102 cm³/mol. The fourth-order valence-corrected chi connectivity index (χ4v) is 3.83. The molecule has 0 radical (unpaired) electrons. The van der Waals surface area contributed by atoms with Gasteiger partial charge in [0.25, 0.3) is 5.69 Å². The molecule has 8 nitrogen and oxygen atoms in total. The first kappa shape index (κ1) is 19.1. The highest BCUT2D eigenvalue weighted by molar-refractivity contribution is 7.10. The topological polar surface area (TPSA) is 128 Å². The number of nitrogens with zero attached hydrogens (tertiary/aromatic N) is 2. The summed E-state index contributed by atoms with van der Waals surface area (Å²) in [5.41, 5.74) is 6.48. The first-order valence-corrected chi connectivity index (χ1v) is 9.13. The normalized spacial score (nSPS) is 16.4. The van der Waals surface area contributed by atoms with Crippen LogP contribution in [0.15, 0.2) is 58.8 Å². The molecule has 0 saturated carbocycles. The summed E-state index contributed by atoms with van der Waals surface area (Å²) in [6, 6.07) is 12.1. The van der Waals surface area contributed by atoms with Gasteiger partial charge in [0, 0.05) is 16.5 Å². The molecule has 1 aliphatic heterocycles. The number of rotatable bonds is 5. The fraction of sp³-hybridized carbons (Fsp3) is 0.158. The molecule has 0 spiro atoms. The van der Waals surface area contributed by atoms with Gasteiger partial charge in [-0.25, -0.2) is 4.79 Å². The molecule has 0 fully saturated rings. The molecule has 1 aliphatic rings. The van der Waals surface area contributed by atoms with Gasteiger partial charge in [-0.15, -0.1) is 11.3 Å². The van der Waals surface area contributed by atoms with Gasteiger partial charge in [-0.1, -0.05) is 30.3 Å². The first-order valence-electron chi connectivity index (χ1n) is 8.25. The molecule has 3 rings (SSSR count). The number of ether oxygens (including phenoxy) is 2. The highest BCUT2D eigenvalue weighted by Gasteiger charge is 2.39. The van der Waals surface area contributed by atoms with E-state index in [1.807, 2.05) is 6.07 Å². The number of nitriles is 1. The Morgan fingerprint density at radius 3 is 2.71 bits per heavy atom. The van der Waals surface area contributed by atoms with Crippen molar-refractivity contribution >= 4 is 28.8 Å². The number of allylic oxidation sites excluding steroid dienone is 1. The van der Waals surface area contributed by atoms with E-state index in [1.165, 1.54) is 11.4 Å². The lowest BCUT2D eigenvalue weighted by molar-refractivity contribution is -0.384. The lowest BCUT2D eigenvalue weighted by Gasteiger charge is -2.27. The highest BCUT2D eigenvalue weighted by atomic mass is 32.1. The molecule has 0 bridgehead atoms. The first-order chi connectivity index (χ1) is 13.5. The standard InChI is InChI=1S/C19H15N3O5S/c1-2-26-19(23)16-15(14-8-12(10-28-14)22(24)25)13(9-20)18(21)27-17(16)11-6-4-3-5-7-11/h3-8,10,15H,2,21H2,1H3. The second-order valence-corrected chi connectivity index (χ2v) is 6.66. The maximum atomic E-state index is 12.8. The molecular formula is C19H15N3O5S. The van der Waals surface area contributed by atoms with Crippen molar-refractivity contribution in [1.82, 2.24) is 0 Å². The van der Waals surface area contributed by atoms with Crippen molar-refractivity contribution in [2.45, 2.75) is 12.8 Å². The molecular weight excluding hydrogens is 382 g/mol. The Labute approximate surface area is 164 Å². The zero-order valence-electron chi connectivity index (χ0n) is 14.7. The number of thiophene rings is 1. The predicted octanol–water partition coefficient (Wildman–Crippen LogP) is 3.44. The molecule has 2 aromatic rings. The smallest absolute Gasteiger partial charge is 0.338 e. The van der Waals surface area contributed by atoms with Gasteiger partial charge in [0.1, 0.15) is 17.4 Å². The molecule has 9 heteroatoms. The molecule has 2 heterocycles. The number of nitro groups is 1. The van der Waals surface area contributed by atoms with Crippen molar-refractivity contribution in [3.63, 3.8) is 0 Å². The Bertz CT molecular complexity index is 1030. The Morgan fingerprint density at radius 2 is 2.14 bits per heavy atom. The minimum absolute atomic E-state index is 0.000479. The molecule has 1 aromatic heterocycles. The fourth-order valence-electron chi connectivity index (χ4n) is 2.85. The Hall–Kier alpha value is -3.64. The van der Waals surface area contributed by atoms with Crippen LogP contribution in [0.5, 0.6) is 0 Å². The number of carbonyl (C=O) groups excluding carboxylic acids is 1. The lowest BCUT2D eigenvalue weighted by atomic mass is 9.86. The van der Waals surface area contributed by atoms with Gasteiger partial charge < -0.3 is 15.2 Å². The third-order valence-electron chi connectivity index (χ3n) is 4.05. The van der Waals surface area contributed by atoms with E-state index in [4.69, 9.17) is 15.2 Å². The summed E-state index contributed by atoms with van der Waals surface area (Å²) < 4.78 is 10.8. The van der Waals surface area contributed by atoms with Gasteiger partial charge in [-0.2, -0.15) is 5.26 Å². The summed E-state index contributed by atoms with van der Waals surface area (Å²) in [7, 11) is 0. The molecule has 0 saturated heterocycles. The molecule has 28 heavy (non-hydrogen) atoms. The number of hydrogen-bond donors (Lipinski definition) is 1. The van der Waals surface area contributed by atoms with E-state index in [0.29, 0.717) is 10.4 Å². The van der Waals surface area contributed by atoms with Crippen LogP contribution in [0, 0.1) is 21.4 Å². The van der Waals surface area contributed by atoms with Crippen LogP contribution in [0.25, 0.3) is 5.76 Å². The van der Waals surface area contributed by atoms with Crippen molar-refractivity contribution in [2.24, 2.45) is 5.73 Å². The van der Waals surface area contributed by atoms with Crippen molar-refractivity contribution in [2.75, 3.05) is 6.61 Å². The van der Waals surface area contributed by atoms with Crippen LogP contribution < -0.4 is 5.73 Å². The minimum atomic E-state index is -0.924. The molecule has 1 aromatic carbocycles. The SMILES string of the molecule is CCOC(=O)C1=C(c2ccccc2)OC(N)=C(C#N)C1c1cc([N+](=O)[O-])cs1. The molecule has 0 aliphatic carbocycles. The van der Waals surface area contributed by atoms with E-state index in [0.717, 1.165) is 11.3 Å². The van der Waals surface area contributed by atoms with Crippen LogP contribution in [0.1, 0.15) is 23.3 Å². The van der Waals surface area contributed by atoms with Gasteiger partial charge in [0.15, 0.2) is 0 Å². The van der Waals surface area contributed by atoms with Gasteiger partial charge in [-0.3, -0.25) is 10.1 Å². The third-order valence-corrected chi connectivity index (χ3v) is 5.04. The van der Waals surface area contributed by atoms with Crippen molar-refractivity contribution in [1.29, 1.82) is 5.26 Å². The summed E-state index contributed by atoms with van der Waals surface area (Å²) in [4.78, 5) is 23.8. The summed E-state index contributed by atoms with van der Waals surface area (Å²) >= 11 is 1.06. The monoisotopic (exact) mass is 397 g/mol. The summed E-state index contributed by atoms with van der Waals surface area (Å²) in [6.45, 7) is 1.77. The van der Waals surface area contributed by atoms with E-state index in [-0.39, 0.29) is 35.1 Å². The van der Waals surface area contributed by atoms with E-state index in [1.54, 1.807) is 37.3 Å². The second-order valence-electron chi connectivity index (χ2n) is 5.72. The second kappa shape index (κ2) is 7.94. The Morgan fingerprint density at radius 1 is 1.43 bits per heavy atom. The van der Waals surface area contributed by atoms with Gasteiger partial charge in [0.2, 0.25) is 5.88 Å². The summed E-state index contributed by atoms with van der Waals surface area (Å²) in [5, 5.41) is 22.1. The quantitative estimate of drug-likeness (QED) is 0.465. The average molecular weight is 397 g/mol. The van der Waals surface area contributed by atoms with Crippen LogP contribution in [-0.4, -0.2) is 17.5 Å². The van der Waals surface area contributed by atoms with E-state index >= 15 is 0 Å². The zero-order valence-corrected chi connectivity index (χ0v) is 15.6. The summed E-state index contributed by atoms with van der Waals surface area (Å²) in [5.74, 6) is -1.60. The van der Waals surface area contributed by atoms with Crippen LogP contribution in [0.2, 0.25) is 0 Å². The van der Waals surface area contributed by atoms with Crippen molar-refractivity contribution < 1.29 is 19.2 Å². The largest absolute Gasteiger partial charge is 0.463 e. The maximum absolute atomic E-state index is 12.8. The molecule has 1 unspecified atom stereocenters. The van der Waals surface area contributed by atoms with Crippen LogP contribution in [0.4, 0.5) is 5.69 Å². The van der Waals surface area contributed by atoms with Crippen LogP contribution in [0.3, 0.4) is 0 Å². The minimum Gasteiger partial charge on any atom is -0.463 e. The number of hydrogen-bond acceptors (Lipinski definition) is 8. The van der Waals surface area contributed by atoms with Gasteiger partial charge in [0.05, 0.1) is 28.4 Å². The number of benzene rings is 1. The lowest BCUT2D eigenvalue weighted by Crippen LogP contribution is -2.25. The molecule has 0 amide bonds. The van der Waals surface area contributed by atoms with Crippen LogP contribution in [-0.2, 0) is 14.3 Å². The third kappa shape index (κ3) is 3.45. The average Bonchev–Trinajstić information content (AvgIpc) is 3.18.